The highest BCUT2D eigenvalue weighted by molar-refractivity contribution is 6.45. The van der Waals surface area contributed by atoms with E-state index in [2.05, 4.69) is 61.2 Å². The number of ketones is 2. The number of pyridine rings is 2. The van der Waals surface area contributed by atoms with Gasteiger partial charge in [-0.3, -0.25) is 19.2 Å². The molecule has 74 heavy (non-hydrogen) atoms. The number of carbonyl (C=O) groups excluding carboxylic acids is 4. The predicted molar refractivity (Wildman–Crippen MR) is 260 cm³/mol. The highest BCUT2D eigenvalue weighted by Gasteiger charge is 2.33. The number of aromatic amines is 2. The Hall–Kier alpha value is -9.88. The Balaban J connectivity index is 0.000000159. The molecule has 2 fully saturated rings. The van der Waals surface area contributed by atoms with Crippen molar-refractivity contribution in [3.8, 4) is 23.0 Å². The van der Waals surface area contributed by atoms with Crippen LogP contribution < -0.4 is 9.80 Å². The van der Waals surface area contributed by atoms with Crippen LogP contribution in [0.5, 0.6) is 0 Å². The van der Waals surface area contributed by atoms with Crippen molar-refractivity contribution < 1.29 is 28.0 Å². The summed E-state index contributed by atoms with van der Waals surface area (Å²) in [5, 5.41) is 32.6. The van der Waals surface area contributed by atoms with Crippen molar-refractivity contribution in [1.29, 1.82) is 0 Å². The molecule has 8 aromatic heterocycles. The van der Waals surface area contributed by atoms with Crippen LogP contribution in [0.3, 0.4) is 0 Å². The van der Waals surface area contributed by atoms with E-state index >= 15 is 0 Å². The summed E-state index contributed by atoms with van der Waals surface area (Å²) >= 11 is 0. The molecule has 2 saturated heterocycles. The fourth-order valence-electron chi connectivity index (χ4n) is 8.97. The molecule has 372 valence electrons. The van der Waals surface area contributed by atoms with Crippen LogP contribution in [0.4, 0.5) is 20.7 Å². The van der Waals surface area contributed by atoms with Crippen LogP contribution in [0.2, 0.25) is 0 Å². The molecular formula is C48H42F2N20O4. The monoisotopic (exact) mass is 1000 g/mol. The molecule has 2 N–H and O–H groups in total. The number of rotatable bonds is 10. The summed E-state index contributed by atoms with van der Waals surface area (Å²) in [6.45, 7) is 6.53. The Morgan fingerprint density at radius 2 is 1.04 bits per heavy atom. The Morgan fingerprint density at radius 3 is 1.49 bits per heavy atom. The lowest BCUT2D eigenvalue weighted by atomic mass is 10.1. The lowest BCUT2D eigenvalue weighted by Crippen LogP contribution is -2.51. The minimum atomic E-state index is -0.790. The zero-order chi connectivity index (χ0) is 51.0. The number of nitrogens with one attached hydrogen (secondary N) is 2. The number of carbonyl (C=O) groups is 4. The van der Waals surface area contributed by atoms with Gasteiger partial charge in [0.25, 0.3) is 23.4 Å². The van der Waals surface area contributed by atoms with Crippen LogP contribution in [-0.2, 0) is 9.59 Å². The number of piperazine rings is 2. The Morgan fingerprint density at radius 1 is 0.568 bits per heavy atom. The molecule has 2 aromatic carbocycles. The van der Waals surface area contributed by atoms with E-state index in [1.807, 2.05) is 84.3 Å². The number of para-hydroxylation sites is 2. The maximum atomic E-state index is 14.8. The highest BCUT2D eigenvalue weighted by Crippen LogP contribution is 2.29. The van der Waals surface area contributed by atoms with Gasteiger partial charge in [-0.2, -0.15) is 19.6 Å². The Bertz CT molecular complexity index is 3710. The molecule has 0 aliphatic carbocycles. The van der Waals surface area contributed by atoms with Gasteiger partial charge in [-0.25, -0.2) is 28.1 Å². The van der Waals surface area contributed by atoms with Crippen LogP contribution in [0.25, 0.3) is 44.8 Å². The van der Waals surface area contributed by atoms with Gasteiger partial charge in [0.1, 0.15) is 0 Å². The first kappa shape index (κ1) is 46.5. The average molecular weight is 1000 g/mol. The maximum Gasteiger partial charge on any atom is 0.295 e. The number of hydrogen-bond donors (Lipinski definition) is 2. The zero-order valence-corrected chi connectivity index (χ0v) is 39.5. The Kier molecular flexibility index (Phi) is 12.2. The molecule has 0 saturated carbocycles. The largest absolute Gasteiger partial charge is 0.357 e. The van der Waals surface area contributed by atoms with Crippen LogP contribution in [0.1, 0.15) is 32.1 Å². The first-order chi connectivity index (χ1) is 36.0. The average Bonchev–Trinajstić information content (AvgIpc) is 4.32. The second-order valence-electron chi connectivity index (χ2n) is 17.2. The van der Waals surface area contributed by atoms with Crippen molar-refractivity contribution in [3.63, 3.8) is 0 Å². The first-order valence-corrected chi connectivity index (χ1v) is 23.2. The van der Waals surface area contributed by atoms with Gasteiger partial charge < -0.3 is 29.6 Å². The second-order valence-corrected chi connectivity index (χ2v) is 17.2. The van der Waals surface area contributed by atoms with Gasteiger partial charge in [0.15, 0.2) is 23.3 Å². The molecule has 10 aromatic rings. The summed E-state index contributed by atoms with van der Waals surface area (Å²) in [6, 6.07) is 22.5. The third-order valence-electron chi connectivity index (χ3n) is 12.7. The quantitative estimate of drug-likeness (QED) is 0.147. The van der Waals surface area contributed by atoms with Gasteiger partial charge in [-0.05, 0) is 71.1 Å². The molecule has 2 aliphatic rings. The van der Waals surface area contributed by atoms with Crippen LogP contribution >= 0.6 is 0 Å². The van der Waals surface area contributed by atoms with E-state index in [-0.39, 0.29) is 53.6 Å². The summed E-state index contributed by atoms with van der Waals surface area (Å²) < 4.78 is 35.9. The molecule has 2 aliphatic heterocycles. The van der Waals surface area contributed by atoms with Crippen molar-refractivity contribution in [2.24, 2.45) is 0 Å². The summed E-state index contributed by atoms with van der Waals surface area (Å²) in [5.74, 6) is -2.59. The van der Waals surface area contributed by atoms with E-state index in [4.69, 9.17) is 0 Å². The second kappa shape index (κ2) is 19.4. The normalized spacial score (nSPS) is 13.9. The first-order valence-electron chi connectivity index (χ1n) is 23.2. The summed E-state index contributed by atoms with van der Waals surface area (Å²) in [7, 11) is 0. The molecule has 10 heterocycles. The number of hydrogen-bond acceptors (Lipinski definition) is 16. The number of benzene rings is 2. The maximum absolute atomic E-state index is 14.8. The topological polar surface area (TPSA) is 261 Å². The van der Waals surface area contributed by atoms with E-state index < -0.39 is 35.0 Å². The minimum absolute atomic E-state index is 0.0113. The van der Waals surface area contributed by atoms with Gasteiger partial charge in [-0.15, -0.1) is 0 Å². The van der Waals surface area contributed by atoms with Crippen molar-refractivity contribution in [2.75, 3.05) is 62.2 Å². The molecule has 0 atom stereocenters. The van der Waals surface area contributed by atoms with Gasteiger partial charge in [0, 0.05) is 82.8 Å². The minimum Gasteiger partial charge on any atom is -0.357 e. The number of tetrazole rings is 2. The number of nitrogens with zero attached hydrogens (tertiary/aromatic N) is 18. The molecule has 12 rings (SSSR count). The van der Waals surface area contributed by atoms with Crippen LogP contribution in [-0.4, -0.2) is 165 Å². The molecule has 2 amide bonds. The number of fused-ring (bicyclic) bond motifs is 2. The number of aromatic nitrogens is 16. The molecule has 0 bridgehead atoms. The van der Waals surface area contributed by atoms with Crippen molar-refractivity contribution in [2.45, 2.75) is 13.8 Å². The number of amides is 2. The van der Waals surface area contributed by atoms with E-state index in [1.54, 1.807) is 33.9 Å². The molecule has 0 spiro atoms. The van der Waals surface area contributed by atoms with E-state index in [0.29, 0.717) is 55.2 Å². The lowest BCUT2D eigenvalue weighted by Gasteiger charge is -2.34. The number of anilines is 2. The van der Waals surface area contributed by atoms with Gasteiger partial charge in [-0.1, -0.05) is 46.6 Å². The highest BCUT2D eigenvalue weighted by atomic mass is 19.1. The molecule has 0 radical (unpaired) electrons. The lowest BCUT2D eigenvalue weighted by molar-refractivity contribution is -0.127. The summed E-state index contributed by atoms with van der Waals surface area (Å²) in [6.07, 6.45) is 8.05. The number of halogens is 2. The van der Waals surface area contributed by atoms with Gasteiger partial charge >= 0.3 is 0 Å². The third kappa shape index (κ3) is 8.51. The van der Waals surface area contributed by atoms with Crippen LogP contribution in [0.15, 0.2) is 110 Å². The standard InChI is InChI=1S/2C24H21FN10O2/c1-15-7-8-34(29-15)22-20-19(18(25)14-27-22)17(13-26-20)21(36)23(37)32-9-11-33(12-10-32)24-28-30-31-35(24)16-5-3-2-4-6-16;1-15-7-8-28-34(15)22-20-19(18(25)14-27-22)17(13-26-20)21(36)23(37)32-9-11-33(12-10-32)24-29-30-31-35(24)16-5-3-2-4-6-16/h2*2-8,13-14,26H,9-12H2,1H3. The van der Waals surface area contributed by atoms with Crippen molar-refractivity contribution >= 4 is 57.1 Å². The van der Waals surface area contributed by atoms with E-state index in [1.165, 1.54) is 31.6 Å². The molecule has 24 nitrogen and oxygen atoms in total. The number of aryl methyl sites for hydroxylation is 2. The summed E-state index contributed by atoms with van der Waals surface area (Å²) in [5.41, 5.74) is 3.68. The molecule has 26 heteroatoms. The molecule has 0 unspecified atom stereocenters. The summed E-state index contributed by atoms with van der Waals surface area (Å²) in [4.78, 5) is 73.6. The van der Waals surface area contributed by atoms with Crippen molar-refractivity contribution in [1.82, 2.24) is 89.7 Å². The van der Waals surface area contributed by atoms with E-state index in [9.17, 15) is 28.0 Å². The zero-order valence-electron chi connectivity index (χ0n) is 39.5. The SMILES string of the molecule is Cc1ccn(-c2ncc(F)c3c(C(=O)C(=O)N4CCN(c5nnnn5-c5ccccc5)CC4)c[nH]c23)n1.Cc1ccnn1-c1ncc(F)c2c(C(=O)C(=O)N3CCN(c4nnnn4-c4ccccc4)CC3)c[nH]c12. The fraction of sp³-hybridized carbons (Fsp3) is 0.208. The van der Waals surface area contributed by atoms with Gasteiger partial charge in [0.2, 0.25) is 11.9 Å². The molecular weight excluding hydrogens is 959 g/mol. The van der Waals surface area contributed by atoms with Crippen LogP contribution in [0, 0.1) is 25.5 Å². The number of H-pyrrole nitrogens is 2. The third-order valence-corrected chi connectivity index (χ3v) is 12.7. The van der Waals surface area contributed by atoms with E-state index in [0.717, 1.165) is 35.2 Å². The Labute approximate surface area is 416 Å². The van der Waals surface area contributed by atoms with Crippen molar-refractivity contribution in [3.05, 3.63) is 144 Å². The van der Waals surface area contributed by atoms with Gasteiger partial charge in [0.05, 0.1) is 62.4 Å². The smallest absolute Gasteiger partial charge is 0.295 e. The fourth-order valence-corrected chi connectivity index (χ4v) is 8.97. The number of Topliss-reactive ketones (excluding diaryl/α,β-unsaturated/α-hetero) is 2. The predicted octanol–water partition coefficient (Wildman–Crippen LogP) is 3.41.